The van der Waals surface area contributed by atoms with Crippen LogP contribution in [0.4, 0.5) is 0 Å². The van der Waals surface area contributed by atoms with E-state index in [1.165, 1.54) is 179 Å². The fourth-order valence-electron chi connectivity index (χ4n) is 7.24. The molecule has 0 amide bonds. The Balaban J connectivity index is 0.0000336. The van der Waals surface area contributed by atoms with E-state index in [-0.39, 0.29) is 75.7 Å². The molecule has 0 unspecified atom stereocenters. The predicted molar refractivity (Wildman–Crippen MR) is 242 cm³/mol. The summed E-state index contributed by atoms with van der Waals surface area (Å²) in [6.07, 6.45) is 50.7. The van der Waals surface area contributed by atoms with Crippen LogP contribution in [0.1, 0.15) is 253 Å². The zero-order valence-corrected chi connectivity index (χ0v) is 42.2. The second-order valence-electron chi connectivity index (χ2n) is 16.4. The van der Waals surface area contributed by atoms with Gasteiger partial charge in [-0.15, -0.1) is 0 Å². The van der Waals surface area contributed by atoms with E-state index in [9.17, 15) is 22.6 Å². The van der Waals surface area contributed by atoms with Crippen molar-refractivity contribution in [1.82, 2.24) is 0 Å². The van der Waals surface area contributed by atoms with E-state index in [2.05, 4.69) is 38.2 Å². The summed E-state index contributed by atoms with van der Waals surface area (Å²) in [5.41, 5.74) is -0.333. The minimum absolute atomic E-state index is 0. The quantitative estimate of drug-likeness (QED) is 0.0212. The van der Waals surface area contributed by atoms with E-state index in [4.69, 9.17) is 9.47 Å². The molecular formula is C50H85KO7S. The number of benzene rings is 1. The van der Waals surface area contributed by atoms with Crippen LogP contribution in [0.3, 0.4) is 0 Å². The number of unbranched alkanes of at least 4 members (excludes halogenated alkanes) is 30. The molecule has 0 aliphatic rings. The van der Waals surface area contributed by atoms with Crippen molar-refractivity contribution in [3.8, 4) is 0 Å². The molecule has 0 aliphatic carbocycles. The van der Waals surface area contributed by atoms with Gasteiger partial charge in [-0.2, -0.15) is 0 Å². The van der Waals surface area contributed by atoms with Crippen LogP contribution in [0, 0.1) is 0 Å². The number of ether oxygens (including phenoxy) is 2. The third-order valence-electron chi connectivity index (χ3n) is 11.0. The van der Waals surface area contributed by atoms with Crippen LogP contribution in [0.2, 0.25) is 0 Å². The molecule has 59 heavy (non-hydrogen) atoms. The SMILES string of the molecule is CCCC/C=C/CCCCCCCCCCCCCCCOC(=O)c1ccc(S(=O)(=O)[O-])cc1C(=O)OCCCCCCCCCCCCCCC/C=C/CCCC.[K+]. The molecule has 0 radical (unpaired) electrons. The van der Waals surface area contributed by atoms with Crippen molar-refractivity contribution >= 4 is 22.1 Å². The van der Waals surface area contributed by atoms with Crippen molar-refractivity contribution in [2.75, 3.05) is 13.2 Å². The molecule has 0 heterocycles. The summed E-state index contributed by atoms with van der Waals surface area (Å²) in [5, 5.41) is 0. The van der Waals surface area contributed by atoms with Gasteiger partial charge in [-0.3, -0.25) is 0 Å². The van der Waals surface area contributed by atoms with E-state index in [1.807, 2.05) is 0 Å². The standard InChI is InChI=1S/C50H86O7S.K/c1-3-5-7-9-11-13-15-17-19-21-23-25-27-29-31-33-35-37-39-43-56-49(51)47-42-41-46(58(53,54)55)45-48(47)50(52)57-44-40-38-36-34-32-30-28-26-24-22-20-18-16-14-12-10-8-6-4-2;/h9-12,41-42,45H,3-8,13-40,43-44H2,1-2H3,(H,53,54,55);/q;+1/p-1/b11-9+,12-10+;. The minimum atomic E-state index is -4.82. The summed E-state index contributed by atoms with van der Waals surface area (Å²) in [7, 11) is -4.82. The van der Waals surface area contributed by atoms with E-state index in [0.29, 0.717) is 12.8 Å². The van der Waals surface area contributed by atoms with Crippen molar-refractivity contribution in [3.63, 3.8) is 0 Å². The van der Waals surface area contributed by atoms with Crippen molar-refractivity contribution in [1.29, 1.82) is 0 Å². The Bertz CT molecular complexity index is 1310. The van der Waals surface area contributed by atoms with E-state index >= 15 is 0 Å². The Morgan fingerprint density at radius 3 is 1.07 bits per heavy atom. The maximum absolute atomic E-state index is 13.0. The first-order valence-electron chi connectivity index (χ1n) is 24.0. The van der Waals surface area contributed by atoms with Gasteiger partial charge in [0.15, 0.2) is 0 Å². The minimum Gasteiger partial charge on any atom is -0.744 e. The van der Waals surface area contributed by atoms with Crippen LogP contribution in [-0.2, 0) is 19.6 Å². The first-order chi connectivity index (χ1) is 28.3. The Kier molecular flexibility index (Phi) is 41.9. The topological polar surface area (TPSA) is 110 Å². The molecule has 0 saturated heterocycles. The Hall–Kier alpha value is -0.814. The fourth-order valence-corrected chi connectivity index (χ4v) is 7.74. The molecule has 0 N–H and O–H groups in total. The molecule has 1 aromatic carbocycles. The molecule has 0 aromatic heterocycles. The average Bonchev–Trinajstić information content (AvgIpc) is 3.21. The van der Waals surface area contributed by atoms with Gasteiger partial charge in [-0.1, -0.05) is 205 Å². The first-order valence-corrected chi connectivity index (χ1v) is 25.5. The Morgan fingerprint density at radius 2 is 0.746 bits per heavy atom. The second kappa shape index (κ2) is 42.5. The van der Waals surface area contributed by atoms with Crippen molar-refractivity contribution in [2.24, 2.45) is 0 Å². The first kappa shape index (κ1) is 58.2. The van der Waals surface area contributed by atoms with Gasteiger partial charge in [0.2, 0.25) is 0 Å². The predicted octanol–water partition coefficient (Wildman–Crippen LogP) is 12.3. The third kappa shape index (κ3) is 35.4. The normalized spacial score (nSPS) is 11.7. The van der Waals surface area contributed by atoms with Gasteiger partial charge in [-0.25, -0.2) is 18.0 Å². The molecule has 0 saturated carbocycles. The number of esters is 2. The second-order valence-corrected chi connectivity index (χ2v) is 17.8. The zero-order valence-electron chi connectivity index (χ0n) is 38.3. The van der Waals surface area contributed by atoms with Crippen LogP contribution in [0.5, 0.6) is 0 Å². The van der Waals surface area contributed by atoms with Crippen LogP contribution in [0.25, 0.3) is 0 Å². The van der Waals surface area contributed by atoms with Crippen molar-refractivity contribution < 1.29 is 83.4 Å². The average molecular weight is 869 g/mol. The van der Waals surface area contributed by atoms with Gasteiger partial charge in [0.1, 0.15) is 10.1 Å². The summed E-state index contributed by atoms with van der Waals surface area (Å²) in [6.45, 7) is 4.85. The van der Waals surface area contributed by atoms with Gasteiger partial charge in [0.25, 0.3) is 0 Å². The van der Waals surface area contributed by atoms with Gasteiger partial charge >= 0.3 is 63.3 Å². The summed E-state index contributed by atoms with van der Waals surface area (Å²) in [6, 6.07) is 3.15. The number of hydrogen-bond acceptors (Lipinski definition) is 7. The number of carbonyl (C=O) groups is 2. The zero-order chi connectivity index (χ0) is 42.2. The molecular weight excluding hydrogens is 784 g/mol. The molecule has 7 nitrogen and oxygen atoms in total. The smallest absolute Gasteiger partial charge is 0.744 e. The van der Waals surface area contributed by atoms with E-state index in [0.717, 1.165) is 44.2 Å². The number of carbonyl (C=O) groups excluding carboxylic acids is 2. The van der Waals surface area contributed by atoms with E-state index in [1.54, 1.807) is 0 Å². The van der Waals surface area contributed by atoms with Crippen LogP contribution in [0.15, 0.2) is 47.4 Å². The molecule has 0 aliphatic heterocycles. The molecule has 0 bridgehead atoms. The van der Waals surface area contributed by atoms with Crippen LogP contribution >= 0.6 is 0 Å². The number of allylic oxidation sites excluding steroid dienone is 4. The molecule has 0 spiro atoms. The van der Waals surface area contributed by atoms with Gasteiger partial charge in [-0.05, 0) is 69.6 Å². The van der Waals surface area contributed by atoms with Crippen molar-refractivity contribution in [2.45, 2.75) is 237 Å². The Morgan fingerprint density at radius 1 is 0.458 bits per heavy atom. The molecule has 0 atom stereocenters. The van der Waals surface area contributed by atoms with Gasteiger partial charge < -0.3 is 14.0 Å². The molecule has 0 fully saturated rings. The monoisotopic (exact) mass is 869 g/mol. The summed E-state index contributed by atoms with van der Waals surface area (Å²) in [5.74, 6) is -1.54. The third-order valence-corrected chi connectivity index (χ3v) is 11.8. The van der Waals surface area contributed by atoms with Crippen molar-refractivity contribution in [3.05, 3.63) is 53.6 Å². The van der Waals surface area contributed by atoms with Gasteiger partial charge in [0, 0.05) is 0 Å². The molecule has 9 heteroatoms. The summed E-state index contributed by atoms with van der Waals surface area (Å²) >= 11 is 0. The van der Waals surface area contributed by atoms with E-state index < -0.39 is 27.0 Å². The molecule has 1 rings (SSSR count). The van der Waals surface area contributed by atoms with Crippen LogP contribution < -0.4 is 51.4 Å². The van der Waals surface area contributed by atoms with Gasteiger partial charge in [0.05, 0.1) is 29.2 Å². The molecule has 1 aromatic rings. The fraction of sp³-hybridized carbons (Fsp3) is 0.760. The number of hydrogen-bond donors (Lipinski definition) is 0. The maximum atomic E-state index is 13.0. The maximum Gasteiger partial charge on any atom is 1.00 e. The molecule has 334 valence electrons. The number of rotatable bonds is 41. The largest absolute Gasteiger partial charge is 1.00 e. The summed E-state index contributed by atoms with van der Waals surface area (Å²) in [4.78, 5) is 25.3. The Labute approximate surface area is 405 Å². The van der Waals surface area contributed by atoms with Crippen LogP contribution in [-0.4, -0.2) is 38.1 Å². The summed E-state index contributed by atoms with van der Waals surface area (Å²) < 4.78 is 45.9.